The molecule has 0 aliphatic carbocycles. The number of hydrogen-bond acceptors (Lipinski definition) is 1. The lowest BCUT2D eigenvalue weighted by Crippen LogP contribution is -2.24. The van der Waals surface area contributed by atoms with E-state index in [0.29, 0.717) is 0 Å². The molecule has 1 N–H and O–H groups in total. The van der Waals surface area contributed by atoms with Crippen molar-refractivity contribution < 1.29 is 0 Å². The van der Waals surface area contributed by atoms with Crippen LogP contribution in [0.15, 0.2) is 36.4 Å². The van der Waals surface area contributed by atoms with E-state index in [9.17, 15) is 0 Å². The monoisotopic (exact) mass is 379 g/mol. The summed E-state index contributed by atoms with van der Waals surface area (Å²) in [5.41, 5.74) is 6.77. The Balaban J connectivity index is 2.56. The molecule has 0 aliphatic rings. The minimum absolute atomic E-state index is 0.270. The van der Waals surface area contributed by atoms with E-state index in [1.165, 1.54) is 31.4 Å². The molecule has 0 aromatic heterocycles. The third-order valence-electron chi connectivity index (χ3n) is 3.69. The zero-order chi connectivity index (χ0) is 14.7. The highest BCUT2D eigenvalue weighted by molar-refractivity contribution is 14.1. The molecule has 0 bridgehead atoms. The van der Waals surface area contributed by atoms with Crippen molar-refractivity contribution in [2.24, 2.45) is 0 Å². The van der Waals surface area contributed by atoms with E-state index in [0.717, 1.165) is 6.54 Å². The Morgan fingerprint density at radius 2 is 1.75 bits per heavy atom. The van der Waals surface area contributed by atoms with Gasteiger partial charge in [-0.2, -0.15) is 0 Å². The van der Waals surface area contributed by atoms with Gasteiger partial charge in [-0.1, -0.05) is 48.9 Å². The molecule has 2 heteroatoms. The molecule has 0 heterocycles. The normalized spacial score (nSPS) is 12.4. The van der Waals surface area contributed by atoms with Crippen LogP contribution in [-0.4, -0.2) is 6.54 Å². The highest BCUT2D eigenvalue weighted by Crippen LogP contribution is 2.30. The predicted molar refractivity (Wildman–Crippen MR) is 95.3 cm³/mol. The highest BCUT2D eigenvalue weighted by Gasteiger charge is 2.18. The van der Waals surface area contributed by atoms with Crippen molar-refractivity contribution in [1.82, 2.24) is 5.32 Å². The fourth-order valence-electron chi connectivity index (χ4n) is 2.56. The van der Waals surface area contributed by atoms with Gasteiger partial charge in [0.15, 0.2) is 0 Å². The Hall–Kier alpha value is -0.870. The van der Waals surface area contributed by atoms with Crippen LogP contribution in [0.5, 0.6) is 0 Å². The van der Waals surface area contributed by atoms with Gasteiger partial charge in [-0.3, -0.25) is 0 Å². The van der Waals surface area contributed by atoms with E-state index in [1.807, 2.05) is 0 Å². The van der Waals surface area contributed by atoms with Crippen LogP contribution < -0.4 is 5.32 Å². The smallest absolute Gasteiger partial charge is 0.0589 e. The van der Waals surface area contributed by atoms with Gasteiger partial charge in [0.25, 0.3) is 0 Å². The summed E-state index contributed by atoms with van der Waals surface area (Å²) >= 11 is 2.47. The first-order valence-corrected chi connectivity index (χ1v) is 8.18. The predicted octanol–water partition coefficient (Wildman–Crippen LogP) is 4.92. The van der Waals surface area contributed by atoms with Crippen molar-refractivity contribution in [1.29, 1.82) is 0 Å². The summed E-state index contributed by atoms with van der Waals surface area (Å²) in [5, 5.41) is 3.65. The summed E-state index contributed by atoms with van der Waals surface area (Å²) in [6, 6.07) is 13.6. The molecule has 1 unspecified atom stereocenters. The van der Waals surface area contributed by atoms with Crippen molar-refractivity contribution in [2.75, 3.05) is 6.54 Å². The molecule has 2 rings (SSSR count). The van der Waals surface area contributed by atoms with E-state index in [2.05, 4.69) is 92.0 Å². The Kier molecular flexibility index (Phi) is 5.22. The molecule has 0 spiro atoms. The minimum atomic E-state index is 0.270. The summed E-state index contributed by atoms with van der Waals surface area (Å²) in [7, 11) is 0. The number of hydrogen-bond donors (Lipinski definition) is 1. The topological polar surface area (TPSA) is 12.0 Å². The molecular weight excluding hydrogens is 357 g/mol. The molecule has 0 radical (unpaired) electrons. The number of aryl methyl sites for hydroxylation is 3. The number of benzene rings is 2. The van der Waals surface area contributed by atoms with Crippen LogP contribution in [-0.2, 0) is 0 Å². The summed E-state index contributed by atoms with van der Waals surface area (Å²) < 4.78 is 1.36. The second-order valence-corrected chi connectivity index (χ2v) is 6.41. The van der Waals surface area contributed by atoms with Crippen molar-refractivity contribution in [3.05, 3.63) is 67.8 Å². The number of nitrogens with one attached hydrogen (secondary N) is 1. The standard InChI is InChI=1S/C18H22IN/c1-5-20-18(15-8-6-7-14(4)17(15)19)16-11-12(2)9-10-13(16)3/h6-11,18,20H,5H2,1-4H3. The molecule has 1 nitrogen and oxygen atoms in total. The van der Waals surface area contributed by atoms with Gasteiger partial charge in [-0.25, -0.2) is 0 Å². The van der Waals surface area contributed by atoms with Gasteiger partial charge in [-0.15, -0.1) is 0 Å². The van der Waals surface area contributed by atoms with E-state index >= 15 is 0 Å². The summed E-state index contributed by atoms with van der Waals surface area (Å²) in [5.74, 6) is 0. The zero-order valence-electron chi connectivity index (χ0n) is 12.6. The average Bonchev–Trinajstić information content (AvgIpc) is 2.43. The quantitative estimate of drug-likeness (QED) is 0.744. The number of halogens is 1. The molecule has 0 fully saturated rings. The third-order valence-corrected chi connectivity index (χ3v) is 5.16. The molecule has 0 saturated carbocycles. The molecule has 1 atom stereocenters. The first-order chi connectivity index (χ1) is 9.54. The fourth-order valence-corrected chi connectivity index (χ4v) is 3.23. The van der Waals surface area contributed by atoms with Crippen LogP contribution in [0.2, 0.25) is 0 Å². The maximum absolute atomic E-state index is 3.65. The zero-order valence-corrected chi connectivity index (χ0v) is 14.8. The summed E-state index contributed by atoms with van der Waals surface area (Å²) in [4.78, 5) is 0. The van der Waals surface area contributed by atoms with Crippen molar-refractivity contribution >= 4 is 22.6 Å². The lowest BCUT2D eigenvalue weighted by molar-refractivity contribution is 0.624. The first kappa shape index (κ1) is 15.5. The second-order valence-electron chi connectivity index (χ2n) is 5.33. The Morgan fingerprint density at radius 3 is 2.45 bits per heavy atom. The van der Waals surface area contributed by atoms with Gasteiger partial charge in [0.05, 0.1) is 6.04 Å². The Labute approximate surface area is 135 Å². The Bertz CT molecular complexity index is 602. The van der Waals surface area contributed by atoms with Gasteiger partial charge >= 0.3 is 0 Å². The van der Waals surface area contributed by atoms with Crippen LogP contribution in [0.3, 0.4) is 0 Å². The average molecular weight is 379 g/mol. The number of rotatable bonds is 4. The van der Waals surface area contributed by atoms with Gasteiger partial charge in [0.1, 0.15) is 0 Å². The largest absolute Gasteiger partial charge is 0.306 e. The summed E-state index contributed by atoms with van der Waals surface area (Å²) in [6.45, 7) is 9.66. The lowest BCUT2D eigenvalue weighted by atomic mass is 9.93. The molecule has 20 heavy (non-hydrogen) atoms. The highest BCUT2D eigenvalue weighted by atomic mass is 127. The van der Waals surface area contributed by atoms with E-state index < -0.39 is 0 Å². The van der Waals surface area contributed by atoms with E-state index in [-0.39, 0.29) is 6.04 Å². The van der Waals surface area contributed by atoms with Crippen molar-refractivity contribution in [2.45, 2.75) is 33.7 Å². The van der Waals surface area contributed by atoms with Crippen molar-refractivity contribution in [3.63, 3.8) is 0 Å². The van der Waals surface area contributed by atoms with Crippen molar-refractivity contribution in [3.8, 4) is 0 Å². The van der Waals surface area contributed by atoms with Gasteiger partial charge in [0, 0.05) is 3.57 Å². The van der Waals surface area contributed by atoms with E-state index in [1.54, 1.807) is 0 Å². The first-order valence-electron chi connectivity index (χ1n) is 7.10. The maximum atomic E-state index is 3.65. The maximum Gasteiger partial charge on any atom is 0.0589 e. The molecule has 0 saturated heterocycles. The summed E-state index contributed by atoms with van der Waals surface area (Å²) in [6.07, 6.45) is 0. The second kappa shape index (κ2) is 6.72. The molecule has 0 aliphatic heterocycles. The molecular formula is C18H22IN. The lowest BCUT2D eigenvalue weighted by Gasteiger charge is -2.23. The van der Waals surface area contributed by atoms with Gasteiger partial charge in [-0.05, 0) is 72.2 Å². The third kappa shape index (κ3) is 3.23. The van der Waals surface area contributed by atoms with Crippen LogP contribution in [0.1, 0.15) is 40.8 Å². The Morgan fingerprint density at radius 1 is 1.00 bits per heavy atom. The SMILES string of the molecule is CCNC(c1cc(C)ccc1C)c1cccc(C)c1I. The van der Waals surface area contributed by atoms with Crippen LogP contribution >= 0.6 is 22.6 Å². The molecule has 2 aromatic rings. The van der Waals surface area contributed by atoms with Gasteiger partial charge < -0.3 is 5.32 Å². The molecule has 0 amide bonds. The van der Waals surface area contributed by atoms with Crippen LogP contribution in [0, 0.1) is 24.3 Å². The molecule has 106 valence electrons. The van der Waals surface area contributed by atoms with Crippen LogP contribution in [0.25, 0.3) is 0 Å². The fraction of sp³-hybridized carbons (Fsp3) is 0.333. The van der Waals surface area contributed by atoms with Gasteiger partial charge in [0.2, 0.25) is 0 Å². The molecule has 2 aromatic carbocycles. The van der Waals surface area contributed by atoms with Crippen LogP contribution in [0.4, 0.5) is 0 Å². The van der Waals surface area contributed by atoms with E-state index in [4.69, 9.17) is 0 Å². The minimum Gasteiger partial charge on any atom is -0.306 e.